The number of rotatable bonds is 7. The average Bonchev–Trinajstić information content (AvgIpc) is 3.58. The van der Waals surface area contributed by atoms with Crippen LogP contribution in [-0.2, 0) is 17.4 Å². The lowest BCUT2D eigenvalue weighted by Crippen LogP contribution is -2.48. The molecule has 0 spiro atoms. The number of hydrogen-bond donors (Lipinski definition) is 2. The lowest BCUT2D eigenvalue weighted by atomic mass is 10.0. The monoisotopic (exact) mass is 634 g/mol. The highest BCUT2D eigenvalue weighted by Crippen LogP contribution is 2.42. The van der Waals surface area contributed by atoms with Crippen LogP contribution in [-0.4, -0.2) is 56.5 Å². The lowest BCUT2D eigenvalue weighted by molar-refractivity contribution is -0.253. The summed E-state index contributed by atoms with van der Waals surface area (Å²) in [4.78, 5) is 34.6. The van der Waals surface area contributed by atoms with E-state index < -0.39 is 42.4 Å². The number of carbonyl (C=O) groups is 2. The van der Waals surface area contributed by atoms with Crippen molar-refractivity contribution in [2.75, 3.05) is 18.8 Å². The number of nitrogens with two attached hydrogens (primary N) is 1. The number of halogens is 6. The summed E-state index contributed by atoms with van der Waals surface area (Å²) in [5.74, 6) is -0.661. The van der Waals surface area contributed by atoms with Crippen LogP contribution in [0.3, 0.4) is 0 Å². The van der Waals surface area contributed by atoms with E-state index in [9.17, 15) is 41.0 Å². The number of likely N-dealkylation sites (tertiary alicyclic amines) is 1. The van der Waals surface area contributed by atoms with Crippen molar-refractivity contribution in [3.05, 3.63) is 82.5 Å². The number of aryl methyl sites for hydroxylation is 1. The van der Waals surface area contributed by atoms with E-state index in [1.54, 1.807) is 24.3 Å². The number of hydrogen-bond acceptors (Lipinski definition) is 7. The van der Waals surface area contributed by atoms with Crippen LogP contribution in [0.2, 0.25) is 0 Å². The van der Waals surface area contributed by atoms with Crippen molar-refractivity contribution in [1.29, 1.82) is 0 Å². The van der Waals surface area contributed by atoms with Gasteiger partial charge in [-0.15, -0.1) is 11.3 Å². The molecule has 3 aromatic heterocycles. The third-order valence-electron chi connectivity index (χ3n) is 7.23. The second-order valence-corrected chi connectivity index (χ2v) is 11.5. The van der Waals surface area contributed by atoms with E-state index in [-0.39, 0.29) is 46.7 Å². The van der Waals surface area contributed by atoms with E-state index in [0.29, 0.717) is 21.6 Å². The Labute approximate surface area is 250 Å². The Bertz CT molecular complexity index is 1730. The molecule has 1 aliphatic rings. The van der Waals surface area contributed by atoms with Gasteiger partial charge in [0.1, 0.15) is 5.82 Å². The summed E-state index contributed by atoms with van der Waals surface area (Å²) >= 11 is 0.943. The van der Waals surface area contributed by atoms with E-state index in [1.165, 1.54) is 30.5 Å². The molecule has 3 N–H and O–H groups in total. The number of pyridine rings is 2. The molecule has 1 saturated heterocycles. The van der Waals surface area contributed by atoms with Crippen molar-refractivity contribution in [3.63, 3.8) is 0 Å². The molecule has 44 heavy (non-hydrogen) atoms. The fraction of sp³-hybridized carbons (Fsp3) is 0.267. The second kappa shape index (κ2) is 11.7. The molecule has 14 heteroatoms. The first-order valence-corrected chi connectivity index (χ1v) is 14.1. The third-order valence-corrected chi connectivity index (χ3v) is 8.47. The Kier molecular flexibility index (Phi) is 8.25. The minimum absolute atomic E-state index is 0.00479. The Morgan fingerprint density at radius 1 is 1.05 bits per heavy atom. The highest BCUT2D eigenvalue weighted by molar-refractivity contribution is 7.19. The SMILES string of the molecule is Nc1ccc(/C=C/C(=O)CCc2cc3cc(-c4ccc(C(=O)N5CCC(O)(C(F)(F)F)C5)cn4)cc(C(F)(F)F)c3s2)cn1. The van der Waals surface area contributed by atoms with E-state index in [0.717, 1.165) is 28.5 Å². The van der Waals surface area contributed by atoms with Gasteiger partial charge in [0, 0.05) is 46.9 Å². The number of aromatic nitrogens is 2. The van der Waals surface area contributed by atoms with Crippen LogP contribution in [0.25, 0.3) is 27.4 Å². The minimum Gasteiger partial charge on any atom is -0.384 e. The normalized spacial score (nSPS) is 17.6. The van der Waals surface area contributed by atoms with Crippen molar-refractivity contribution in [2.24, 2.45) is 0 Å². The zero-order chi connectivity index (χ0) is 31.9. The standard InChI is InChI=1S/C30H24F6N4O3S/c31-29(32,33)23-13-19(24-7-3-18(15-38-24)27(42)40-10-9-28(43,16-40)30(34,35)36)11-20-12-22(44-26(20)23)6-5-21(41)4-1-17-2-8-25(37)39-14-17/h1-4,7-8,11-15,43H,5-6,9-10,16H2,(H2,37,39)/b4-1+. The van der Waals surface area contributed by atoms with Gasteiger partial charge >= 0.3 is 12.4 Å². The summed E-state index contributed by atoms with van der Waals surface area (Å²) in [6.45, 7) is -1.24. The van der Waals surface area contributed by atoms with Crippen molar-refractivity contribution in [2.45, 2.75) is 37.2 Å². The molecular weight excluding hydrogens is 610 g/mol. The number of nitrogen functional groups attached to an aromatic ring is 1. The molecule has 4 aromatic rings. The van der Waals surface area contributed by atoms with Crippen LogP contribution < -0.4 is 5.73 Å². The predicted octanol–water partition coefficient (Wildman–Crippen LogP) is 6.31. The lowest BCUT2D eigenvalue weighted by Gasteiger charge is -2.25. The minimum atomic E-state index is -4.90. The fourth-order valence-electron chi connectivity index (χ4n) is 4.79. The second-order valence-electron chi connectivity index (χ2n) is 10.4. The zero-order valence-corrected chi connectivity index (χ0v) is 23.6. The molecule has 4 heterocycles. The number of nitrogens with zero attached hydrogens (tertiary/aromatic N) is 3. The molecule has 0 aliphatic carbocycles. The van der Waals surface area contributed by atoms with Gasteiger partial charge in [-0.1, -0.05) is 0 Å². The molecule has 1 amide bonds. The summed E-state index contributed by atoms with van der Waals surface area (Å²) in [5, 5.41) is 10.2. The van der Waals surface area contributed by atoms with E-state index in [2.05, 4.69) is 9.97 Å². The Morgan fingerprint density at radius 2 is 1.82 bits per heavy atom. The van der Waals surface area contributed by atoms with Crippen LogP contribution in [0.15, 0.2) is 60.9 Å². The molecule has 1 aliphatic heterocycles. The Balaban J connectivity index is 1.33. The van der Waals surface area contributed by atoms with Crippen molar-refractivity contribution in [1.82, 2.24) is 14.9 Å². The maximum atomic E-state index is 14.1. The first-order valence-electron chi connectivity index (χ1n) is 13.2. The first-order chi connectivity index (χ1) is 20.6. The number of amides is 1. The summed E-state index contributed by atoms with van der Waals surface area (Å²) in [7, 11) is 0. The maximum Gasteiger partial charge on any atom is 0.419 e. The highest BCUT2D eigenvalue weighted by atomic mass is 32.1. The number of alkyl halides is 6. The molecule has 0 saturated carbocycles. The smallest absolute Gasteiger partial charge is 0.384 e. The molecule has 1 fully saturated rings. The average molecular weight is 635 g/mol. The van der Waals surface area contributed by atoms with Gasteiger partial charge in [0.25, 0.3) is 5.91 Å². The molecule has 5 rings (SSSR count). The summed E-state index contributed by atoms with van der Waals surface area (Å²) in [6.07, 6.45) is -4.41. The molecule has 230 valence electrons. The van der Waals surface area contributed by atoms with Gasteiger partial charge in [0.15, 0.2) is 11.4 Å². The summed E-state index contributed by atoms with van der Waals surface area (Å²) in [6, 6.07) is 9.93. The van der Waals surface area contributed by atoms with Crippen molar-refractivity contribution in [3.8, 4) is 11.3 Å². The molecule has 1 aromatic carbocycles. The number of β-amino-alcohol motifs (C(OH)–C–C–N with tert-alkyl or cyclic N) is 1. The van der Waals surface area contributed by atoms with Crippen LogP contribution in [0.5, 0.6) is 0 Å². The van der Waals surface area contributed by atoms with Gasteiger partial charge in [0.2, 0.25) is 0 Å². The number of anilines is 1. The Morgan fingerprint density at radius 3 is 2.43 bits per heavy atom. The number of benzene rings is 1. The summed E-state index contributed by atoms with van der Waals surface area (Å²) < 4.78 is 81.6. The fourth-order valence-corrected chi connectivity index (χ4v) is 5.97. The molecule has 1 atom stereocenters. The van der Waals surface area contributed by atoms with E-state index in [1.807, 2.05) is 0 Å². The van der Waals surface area contributed by atoms with E-state index >= 15 is 0 Å². The summed E-state index contributed by atoms with van der Waals surface area (Å²) in [5.41, 5.74) is 2.50. The topological polar surface area (TPSA) is 109 Å². The maximum absolute atomic E-state index is 14.1. The molecule has 0 radical (unpaired) electrons. The largest absolute Gasteiger partial charge is 0.419 e. The van der Waals surface area contributed by atoms with Gasteiger partial charge in [-0.2, -0.15) is 26.3 Å². The van der Waals surface area contributed by atoms with Crippen LogP contribution >= 0.6 is 11.3 Å². The first kappa shape index (κ1) is 31.1. The van der Waals surface area contributed by atoms with Gasteiger partial charge in [-0.05, 0) is 72.0 Å². The zero-order valence-electron chi connectivity index (χ0n) is 22.7. The van der Waals surface area contributed by atoms with Crippen molar-refractivity contribution < 1.29 is 41.0 Å². The number of ketones is 1. The highest BCUT2D eigenvalue weighted by Gasteiger charge is 2.57. The molecule has 0 bridgehead atoms. The number of allylic oxidation sites excluding steroid dienone is 1. The van der Waals surface area contributed by atoms with Crippen molar-refractivity contribution >= 4 is 45.0 Å². The van der Waals surface area contributed by atoms with Crippen LogP contribution in [0.1, 0.15) is 39.2 Å². The quantitative estimate of drug-likeness (QED) is 0.182. The van der Waals surface area contributed by atoms with Crippen LogP contribution in [0.4, 0.5) is 32.2 Å². The number of fused-ring (bicyclic) bond motifs is 1. The van der Waals surface area contributed by atoms with Gasteiger partial charge < -0.3 is 15.7 Å². The van der Waals surface area contributed by atoms with E-state index in [4.69, 9.17) is 5.73 Å². The van der Waals surface area contributed by atoms with Gasteiger partial charge in [-0.3, -0.25) is 14.6 Å². The third kappa shape index (κ3) is 6.60. The van der Waals surface area contributed by atoms with Crippen LogP contribution in [0, 0.1) is 0 Å². The van der Waals surface area contributed by atoms with Gasteiger partial charge in [-0.25, -0.2) is 4.98 Å². The Hall–Kier alpha value is -4.30. The molecule has 7 nitrogen and oxygen atoms in total. The number of thiophene rings is 1. The molecular formula is C30H24F6N4O3S. The van der Waals surface area contributed by atoms with Gasteiger partial charge in [0.05, 0.1) is 23.4 Å². The number of carbonyl (C=O) groups excluding carboxylic acids is 2. The predicted molar refractivity (Wildman–Crippen MR) is 153 cm³/mol. The molecule has 1 unspecified atom stereocenters. The number of aliphatic hydroxyl groups is 1.